The minimum atomic E-state index is -4.50. The molecule has 0 aliphatic rings. The van der Waals surface area contributed by atoms with Crippen LogP contribution in [-0.4, -0.2) is 79.1 Å². The van der Waals surface area contributed by atoms with Gasteiger partial charge in [-0.15, -0.1) is 0 Å². The fraction of sp³-hybridized carbons (Fsp3) is 0.419. The number of anilines is 1. The Labute approximate surface area is 260 Å². The number of nitrogens with one attached hydrogen (secondary N) is 2. The molecule has 1 aromatic heterocycles. The van der Waals surface area contributed by atoms with Crippen molar-refractivity contribution in [1.82, 2.24) is 10.3 Å². The first-order valence-electron chi connectivity index (χ1n) is 14.8. The van der Waals surface area contributed by atoms with Gasteiger partial charge in [-0.05, 0) is 49.4 Å². The molecule has 2 amide bonds. The number of nitrogens with two attached hydrogens (primary N) is 4. The Balaban J connectivity index is 1.69. The van der Waals surface area contributed by atoms with E-state index in [9.17, 15) is 22.8 Å². The quantitative estimate of drug-likeness (QED) is 0.0794. The lowest BCUT2D eigenvalue weighted by Crippen LogP contribution is -2.51. The van der Waals surface area contributed by atoms with Crippen molar-refractivity contribution in [3.05, 3.63) is 71.9 Å². The summed E-state index contributed by atoms with van der Waals surface area (Å²) in [6.45, 7) is 2.90. The van der Waals surface area contributed by atoms with Gasteiger partial charge in [0.25, 0.3) is 0 Å². The molecule has 10 N–H and O–H groups in total. The maximum atomic E-state index is 13.4. The van der Waals surface area contributed by atoms with Crippen LogP contribution in [0.2, 0.25) is 0 Å². The van der Waals surface area contributed by atoms with Crippen LogP contribution in [0, 0.1) is 0 Å². The van der Waals surface area contributed by atoms with Crippen LogP contribution in [0.25, 0.3) is 10.9 Å². The molecule has 2 aromatic carbocycles. The number of aryl methyl sites for hydroxylation is 1. The van der Waals surface area contributed by atoms with E-state index in [1.54, 1.807) is 12.1 Å². The van der Waals surface area contributed by atoms with Gasteiger partial charge in [-0.3, -0.25) is 14.6 Å². The third-order valence-corrected chi connectivity index (χ3v) is 7.62. The number of carbonyl (C=O) groups excluding carboxylic acids is 2. The van der Waals surface area contributed by atoms with Crippen molar-refractivity contribution in [1.29, 1.82) is 0 Å². The lowest BCUT2D eigenvalue weighted by Gasteiger charge is -2.34. The highest BCUT2D eigenvalue weighted by Gasteiger charge is 2.31. The lowest BCUT2D eigenvalue weighted by atomic mass is 10.0. The second kappa shape index (κ2) is 16.2. The summed E-state index contributed by atoms with van der Waals surface area (Å²) in [4.78, 5) is 35.0. The molecular formula is C31H43F3N9O2+. The molecule has 0 saturated heterocycles. The molecule has 3 rings (SSSR count). The SMILES string of the molecule is C[N+](CCN)(CCC[C@H](N)C(=O)N[C@@H](CCc1cccc(C(F)(F)F)c1)C(=O)Nc1cnc2ccccc2c1)CCN=C(N)N. The fourth-order valence-electron chi connectivity index (χ4n) is 5.02. The standard InChI is InChI=1S/C31H42F3N9O2/c1-43(16-13-35,17-14-39-30(37)38)15-5-9-25(36)28(44)42-27(12-11-21-6-4-8-23(18-21)31(32,33)34)29(45)41-24-19-22-7-2-3-10-26(22)40-20-24/h2-4,6-8,10,18-20,25,27H,5,9,11-17,35-36H2,1H3,(H5-,37,38,39,41,42,44,45)/p+1/t25-,27-,43?/m0/s1. The molecule has 0 bridgehead atoms. The molecule has 244 valence electrons. The summed E-state index contributed by atoms with van der Waals surface area (Å²) in [5, 5.41) is 6.30. The first-order valence-corrected chi connectivity index (χ1v) is 14.8. The molecule has 14 heteroatoms. The number of aromatic nitrogens is 1. The van der Waals surface area contributed by atoms with Crippen LogP contribution in [0.1, 0.15) is 30.4 Å². The number of halogens is 3. The number of aliphatic imine (C=N–C) groups is 1. The van der Waals surface area contributed by atoms with Crippen molar-refractivity contribution < 1.29 is 27.2 Å². The number of hydrogen-bond acceptors (Lipinski definition) is 6. The number of carbonyl (C=O) groups is 2. The van der Waals surface area contributed by atoms with Gasteiger partial charge in [0.15, 0.2) is 5.96 Å². The number of alkyl halides is 3. The van der Waals surface area contributed by atoms with Gasteiger partial charge in [0.1, 0.15) is 6.04 Å². The zero-order valence-corrected chi connectivity index (χ0v) is 25.4. The summed E-state index contributed by atoms with van der Waals surface area (Å²) in [5.41, 5.74) is 23.7. The summed E-state index contributed by atoms with van der Waals surface area (Å²) >= 11 is 0. The Morgan fingerprint density at radius 2 is 1.76 bits per heavy atom. The molecule has 0 radical (unpaired) electrons. The van der Waals surface area contributed by atoms with Crippen molar-refractivity contribution in [3.63, 3.8) is 0 Å². The van der Waals surface area contributed by atoms with Crippen LogP contribution >= 0.6 is 0 Å². The van der Waals surface area contributed by atoms with Crippen LogP contribution in [0.5, 0.6) is 0 Å². The van der Waals surface area contributed by atoms with E-state index in [4.69, 9.17) is 22.9 Å². The monoisotopic (exact) mass is 630 g/mol. The van der Waals surface area contributed by atoms with Gasteiger partial charge in [0.2, 0.25) is 11.8 Å². The average molecular weight is 631 g/mol. The van der Waals surface area contributed by atoms with Crippen LogP contribution in [0.15, 0.2) is 65.8 Å². The van der Waals surface area contributed by atoms with Gasteiger partial charge in [0.05, 0.1) is 62.2 Å². The van der Waals surface area contributed by atoms with E-state index >= 15 is 0 Å². The molecule has 0 fully saturated rings. The minimum Gasteiger partial charge on any atom is -0.370 e. The Morgan fingerprint density at radius 3 is 2.47 bits per heavy atom. The Kier molecular flexibility index (Phi) is 12.6. The van der Waals surface area contributed by atoms with E-state index in [-0.39, 0.29) is 18.8 Å². The highest BCUT2D eigenvalue weighted by atomic mass is 19.4. The highest BCUT2D eigenvalue weighted by molar-refractivity contribution is 5.98. The first-order chi connectivity index (χ1) is 21.3. The maximum absolute atomic E-state index is 13.4. The molecule has 0 aliphatic carbocycles. The van der Waals surface area contributed by atoms with E-state index < -0.39 is 35.6 Å². The molecule has 3 aromatic rings. The highest BCUT2D eigenvalue weighted by Crippen LogP contribution is 2.30. The number of guanidine groups is 1. The Morgan fingerprint density at radius 1 is 1.00 bits per heavy atom. The van der Waals surface area contributed by atoms with Crippen molar-refractivity contribution in [2.24, 2.45) is 27.9 Å². The van der Waals surface area contributed by atoms with Gasteiger partial charge in [0, 0.05) is 11.9 Å². The molecule has 0 aliphatic heterocycles. The number of pyridine rings is 1. The van der Waals surface area contributed by atoms with Crippen molar-refractivity contribution in [2.45, 2.75) is 43.9 Å². The van der Waals surface area contributed by atoms with E-state index in [0.717, 1.165) is 23.0 Å². The number of rotatable bonds is 16. The van der Waals surface area contributed by atoms with Crippen LogP contribution in [-0.2, 0) is 22.2 Å². The number of hydrogen-bond donors (Lipinski definition) is 6. The number of para-hydroxylation sites is 1. The first kappa shape index (κ1) is 35.2. The summed E-state index contributed by atoms with van der Waals surface area (Å²) in [5.74, 6) is -1.06. The fourth-order valence-corrected chi connectivity index (χ4v) is 5.02. The molecule has 0 saturated carbocycles. The Bertz CT molecular complexity index is 1460. The summed E-state index contributed by atoms with van der Waals surface area (Å²) in [6.07, 6.45) is -1.91. The smallest absolute Gasteiger partial charge is 0.370 e. The van der Waals surface area contributed by atoms with Crippen molar-refractivity contribution in [3.8, 4) is 0 Å². The normalized spacial score (nSPS) is 14.3. The van der Waals surface area contributed by atoms with Gasteiger partial charge in [-0.2, -0.15) is 13.2 Å². The lowest BCUT2D eigenvalue weighted by molar-refractivity contribution is -0.907. The predicted octanol–water partition coefficient (Wildman–Crippen LogP) is 2.10. The van der Waals surface area contributed by atoms with E-state index in [0.29, 0.717) is 61.3 Å². The van der Waals surface area contributed by atoms with Gasteiger partial charge >= 0.3 is 6.18 Å². The van der Waals surface area contributed by atoms with Gasteiger partial charge in [-0.25, -0.2) is 4.99 Å². The summed E-state index contributed by atoms with van der Waals surface area (Å²) < 4.78 is 40.4. The zero-order valence-electron chi connectivity index (χ0n) is 25.4. The predicted molar refractivity (Wildman–Crippen MR) is 170 cm³/mol. The number of fused-ring (bicyclic) bond motifs is 1. The molecular weight excluding hydrogens is 587 g/mol. The maximum Gasteiger partial charge on any atom is 0.416 e. The number of nitrogens with zero attached hydrogens (tertiary/aromatic N) is 3. The topological polar surface area (TPSA) is 188 Å². The third kappa shape index (κ3) is 11.3. The Hall–Kier alpha value is -4.27. The van der Waals surface area contributed by atoms with Gasteiger partial charge < -0.3 is 38.1 Å². The largest absolute Gasteiger partial charge is 0.416 e. The average Bonchev–Trinajstić information content (AvgIpc) is 2.98. The van der Waals surface area contributed by atoms with Crippen LogP contribution < -0.4 is 33.6 Å². The van der Waals surface area contributed by atoms with Gasteiger partial charge in [-0.1, -0.05) is 36.4 Å². The number of benzene rings is 2. The number of quaternary nitrogens is 1. The molecule has 1 heterocycles. The molecule has 1 unspecified atom stereocenters. The molecule has 11 nitrogen and oxygen atoms in total. The minimum absolute atomic E-state index is 0.0107. The van der Waals surface area contributed by atoms with E-state index in [1.165, 1.54) is 12.3 Å². The molecule has 45 heavy (non-hydrogen) atoms. The second-order valence-electron chi connectivity index (χ2n) is 11.3. The number of amides is 2. The van der Waals surface area contributed by atoms with Crippen LogP contribution in [0.4, 0.5) is 18.9 Å². The van der Waals surface area contributed by atoms with E-state index in [1.807, 2.05) is 31.3 Å². The summed E-state index contributed by atoms with van der Waals surface area (Å²) in [6, 6.07) is 12.0. The molecule has 3 atom stereocenters. The van der Waals surface area contributed by atoms with E-state index in [2.05, 4.69) is 20.6 Å². The molecule has 0 spiro atoms. The number of likely N-dealkylation sites (N-methyl/N-ethyl adjacent to an activating group) is 1. The van der Waals surface area contributed by atoms with Crippen LogP contribution in [0.3, 0.4) is 0 Å². The van der Waals surface area contributed by atoms with Crippen molar-refractivity contribution in [2.75, 3.05) is 45.1 Å². The zero-order chi connectivity index (χ0) is 33.0. The second-order valence-corrected chi connectivity index (χ2v) is 11.3. The summed E-state index contributed by atoms with van der Waals surface area (Å²) in [7, 11) is 2.02. The third-order valence-electron chi connectivity index (χ3n) is 7.62. The van der Waals surface area contributed by atoms with Crippen molar-refractivity contribution >= 4 is 34.4 Å².